The van der Waals surface area contributed by atoms with Crippen molar-refractivity contribution >= 4 is 57.8 Å². The van der Waals surface area contributed by atoms with E-state index < -0.39 is 0 Å². The molecule has 0 fully saturated rings. The lowest BCUT2D eigenvalue weighted by molar-refractivity contribution is 0.0939. The number of nitrogens with zero attached hydrogens (tertiary/aromatic N) is 3. The molecule has 35 heavy (non-hydrogen) atoms. The third-order valence-electron chi connectivity index (χ3n) is 4.14. The molecule has 0 saturated carbocycles. The number of ketones is 1. The van der Waals surface area contributed by atoms with Crippen molar-refractivity contribution in [3.8, 4) is 0 Å². The Morgan fingerprint density at radius 3 is 1.66 bits per heavy atom. The Morgan fingerprint density at radius 2 is 1.31 bits per heavy atom. The van der Waals surface area contributed by atoms with Gasteiger partial charge in [-0.05, 0) is 90.7 Å². The van der Waals surface area contributed by atoms with E-state index in [-0.39, 0.29) is 26.6 Å². The van der Waals surface area contributed by atoms with Crippen LogP contribution in [0.25, 0.3) is 0 Å². The summed E-state index contributed by atoms with van der Waals surface area (Å²) in [7, 11) is 0. The summed E-state index contributed by atoms with van der Waals surface area (Å²) in [5.41, 5.74) is 3.68. The molecule has 0 heterocycles. The van der Waals surface area contributed by atoms with E-state index in [1.807, 2.05) is 26.0 Å². The molecule has 0 amide bonds. The molecule has 0 bridgehead atoms. The summed E-state index contributed by atoms with van der Waals surface area (Å²) < 4.78 is 0. The van der Waals surface area contributed by atoms with Gasteiger partial charge in [-0.25, -0.2) is 9.98 Å². The van der Waals surface area contributed by atoms with Crippen LogP contribution in [0.2, 0.25) is 0 Å². The van der Waals surface area contributed by atoms with E-state index in [2.05, 4.69) is 102 Å². The second-order valence-electron chi connectivity index (χ2n) is 8.11. The van der Waals surface area contributed by atoms with Crippen LogP contribution in [0.4, 0.5) is 11.4 Å². The van der Waals surface area contributed by atoms with E-state index >= 15 is 0 Å². The van der Waals surface area contributed by atoms with Gasteiger partial charge >= 0.3 is 0 Å². The van der Waals surface area contributed by atoms with Crippen LogP contribution in [0.15, 0.2) is 70.1 Å². The number of carbonyl (C=O) groups excluding carboxylic acids is 1. The zero-order valence-electron chi connectivity index (χ0n) is 20.3. The summed E-state index contributed by atoms with van der Waals surface area (Å²) in [6.45, 7) is 16.5. The van der Waals surface area contributed by atoms with Crippen LogP contribution in [0, 0.1) is 11.8 Å². The fourth-order valence-electron chi connectivity index (χ4n) is 2.33. The first-order chi connectivity index (χ1) is 15.7. The van der Waals surface area contributed by atoms with Gasteiger partial charge in [0.1, 0.15) is 0 Å². The van der Waals surface area contributed by atoms with Crippen LogP contribution in [0.3, 0.4) is 0 Å². The second-order valence-corrected chi connectivity index (χ2v) is 8.48. The molecule has 0 aliphatic heterocycles. The number of aliphatic imine (C=N–C) groups is 3. The maximum Gasteiger partial charge on any atom is 0.165 e. The van der Waals surface area contributed by atoms with Crippen molar-refractivity contribution in [2.75, 3.05) is 6.54 Å². The van der Waals surface area contributed by atoms with Gasteiger partial charge in [0, 0.05) is 11.5 Å². The van der Waals surface area contributed by atoms with Crippen molar-refractivity contribution in [3.05, 3.63) is 66.2 Å². The van der Waals surface area contributed by atoms with E-state index in [0.29, 0.717) is 11.8 Å². The van der Waals surface area contributed by atoms with Gasteiger partial charge in [0.25, 0.3) is 0 Å². The van der Waals surface area contributed by atoms with Crippen molar-refractivity contribution in [2.24, 2.45) is 26.8 Å². The molecule has 0 aromatic heterocycles. The number of Topliss-reactive ketones (excluding diaryl/α,β-unsaturated/α-hetero) is 1. The van der Waals surface area contributed by atoms with Gasteiger partial charge in [-0.3, -0.25) is 4.79 Å². The monoisotopic (exact) mass is 511 g/mol. The van der Waals surface area contributed by atoms with E-state index in [9.17, 15) is 4.79 Å². The van der Waals surface area contributed by atoms with Gasteiger partial charge in [0.2, 0.25) is 0 Å². The summed E-state index contributed by atoms with van der Waals surface area (Å²) in [5.74, 6) is 3.80. The highest BCUT2D eigenvalue weighted by atomic mass is 32.1. The van der Waals surface area contributed by atoms with Gasteiger partial charge in [-0.1, -0.05) is 68.5 Å². The minimum atomic E-state index is 0. The zero-order valence-corrected chi connectivity index (χ0v) is 22.0. The van der Waals surface area contributed by atoms with Crippen molar-refractivity contribution in [2.45, 2.75) is 62.3 Å². The number of hydrogen-bond acceptors (Lipinski definition) is 6. The van der Waals surface area contributed by atoms with Crippen LogP contribution >= 0.6 is 24.4 Å². The first-order valence-electron chi connectivity index (χ1n) is 10.7. The number of benzene rings is 2. The molecule has 2 aromatic rings. The van der Waals surface area contributed by atoms with Crippen LogP contribution in [-0.2, 0) is 0 Å². The Labute approximate surface area is 224 Å². The predicted molar refractivity (Wildman–Crippen MR) is 162 cm³/mol. The molecule has 0 aliphatic rings. The van der Waals surface area contributed by atoms with Crippen LogP contribution in [0.1, 0.15) is 78.2 Å². The summed E-state index contributed by atoms with van der Waals surface area (Å²) >= 11 is 8.86. The summed E-state index contributed by atoms with van der Waals surface area (Å²) in [6.07, 6.45) is 0. The number of thiocarbonyl (C=S) groups is 2. The first-order valence-corrected chi connectivity index (χ1v) is 11.6. The number of isothiocyanates is 2. The highest BCUT2D eigenvalue weighted by molar-refractivity contribution is 7.78. The number of rotatable bonds is 7. The molecular weight excluding hydrogens is 470 g/mol. The molecule has 0 unspecified atom stereocenters. The fourth-order valence-corrected chi connectivity index (χ4v) is 2.51. The molecule has 190 valence electrons. The molecule has 0 aliphatic carbocycles. The first kappa shape index (κ1) is 36.7. The Kier molecular flexibility index (Phi) is 22.7. The quantitative estimate of drug-likeness (QED) is 0.211. The minimum Gasteiger partial charge on any atom is -0.294 e. The Hall–Kier alpha value is -2.84. The SMILES string of the molecule is C.C.C=C=Nc1ccc(C(=O)C(C)C)cc1.CC(C)CN=C=S.CC(C)c1ccc(N=C=S)cc1. The minimum absolute atomic E-state index is 0. The van der Waals surface area contributed by atoms with Crippen molar-refractivity contribution in [3.63, 3.8) is 0 Å². The van der Waals surface area contributed by atoms with Gasteiger partial charge in [0.05, 0.1) is 28.2 Å². The average Bonchev–Trinajstić information content (AvgIpc) is 2.79. The van der Waals surface area contributed by atoms with Crippen molar-refractivity contribution < 1.29 is 4.79 Å². The molecule has 0 radical (unpaired) electrons. The maximum atomic E-state index is 11.6. The molecule has 4 nitrogen and oxygen atoms in total. The van der Waals surface area contributed by atoms with Crippen molar-refractivity contribution in [1.29, 1.82) is 0 Å². The van der Waals surface area contributed by atoms with Crippen molar-refractivity contribution in [1.82, 2.24) is 0 Å². The van der Waals surface area contributed by atoms with E-state index in [0.717, 1.165) is 23.5 Å². The van der Waals surface area contributed by atoms with Crippen LogP contribution in [0.5, 0.6) is 0 Å². The van der Waals surface area contributed by atoms with E-state index in [1.165, 1.54) is 5.56 Å². The number of hydrogen-bond donors (Lipinski definition) is 0. The standard InChI is InChI=1S/C12H13NO.C10H11NS.C5H9NS.2CH4/c1-4-13-11-7-5-10(6-8-11)12(14)9(2)3;1-8(2)9-3-5-10(6-4-9)11-7-12;1-5(2)3-6-4-7;;/h5-9H,1H2,2-3H3;3-6,8H,1-2H3;5H,3H2,1-2H3;2*1H4. The summed E-state index contributed by atoms with van der Waals surface area (Å²) in [6, 6.07) is 15.2. The molecular formula is C29H41N3OS2. The highest BCUT2D eigenvalue weighted by Gasteiger charge is 2.09. The van der Waals surface area contributed by atoms with Gasteiger partial charge < -0.3 is 0 Å². The normalized spacial score (nSPS) is 8.83. The molecule has 0 N–H and O–H groups in total. The molecule has 2 rings (SSSR count). The predicted octanol–water partition coefficient (Wildman–Crippen LogP) is 9.57. The molecule has 6 heteroatoms. The second kappa shape index (κ2) is 21.7. The topological polar surface area (TPSA) is 54.1 Å². The molecule has 2 aromatic carbocycles. The molecule has 0 saturated heterocycles. The third-order valence-corrected chi connectivity index (χ3v) is 4.36. The van der Waals surface area contributed by atoms with Crippen LogP contribution in [-0.4, -0.2) is 28.5 Å². The maximum absolute atomic E-state index is 11.6. The lowest BCUT2D eigenvalue weighted by Crippen LogP contribution is -2.06. The van der Waals surface area contributed by atoms with Gasteiger partial charge in [-0.2, -0.15) is 4.99 Å². The fraction of sp³-hybridized carbons (Fsp3) is 0.414. The number of carbonyl (C=O) groups is 1. The lowest BCUT2D eigenvalue weighted by atomic mass is 10.0. The Bertz CT molecular complexity index is 991. The molecule has 0 spiro atoms. The van der Waals surface area contributed by atoms with E-state index in [4.69, 9.17) is 0 Å². The largest absolute Gasteiger partial charge is 0.294 e. The summed E-state index contributed by atoms with van der Waals surface area (Å²) in [5, 5.41) is 4.65. The smallest absolute Gasteiger partial charge is 0.165 e. The van der Waals surface area contributed by atoms with Gasteiger partial charge in [-0.15, -0.1) is 0 Å². The molecule has 0 atom stereocenters. The van der Waals surface area contributed by atoms with E-state index in [1.54, 1.807) is 24.3 Å². The lowest BCUT2D eigenvalue weighted by Gasteiger charge is -2.03. The van der Waals surface area contributed by atoms with Gasteiger partial charge in [0.15, 0.2) is 5.78 Å². The highest BCUT2D eigenvalue weighted by Crippen LogP contribution is 2.18. The average molecular weight is 512 g/mol. The Balaban J connectivity index is -0.000000449. The van der Waals surface area contributed by atoms with Crippen LogP contribution < -0.4 is 0 Å². The summed E-state index contributed by atoms with van der Waals surface area (Å²) in [4.78, 5) is 23.0. The zero-order chi connectivity index (χ0) is 25.2. The Morgan fingerprint density at radius 1 is 0.829 bits per heavy atom. The third kappa shape index (κ3) is 17.3.